The van der Waals surface area contributed by atoms with Gasteiger partial charge in [-0.2, -0.15) is 0 Å². The zero-order chi connectivity index (χ0) is 17.6. The van der Waals surface area contributed by atoms with Gasteiger partial charge in [-0.25, -0.2) is 8.42 Å². The molecule has 6 heteroatoms. The first-order valence-corrected chi connectivity index (χ1v) is 9.11. The molecule has 1 unspecified atom stereocenters. The average molecular weight is 348 g/mol. The molecule has 1 N–H and O–H groups in total. The molecule has 0 aliphatic heterocycles. The molecular formula is C18H20O5S. The van der Waals surface area contributed by atoms with Crippen molar-refractivity contribution in [2.45, 2.75) is 23.5 Å². The number of hydrogen-bond acceptors (Lipinski definition) is 4. The highest BCUT2D eigenvalue weighted by atomic mass is 32.2. The molecule has 0 radical (unpaired) electrons. The Morgan fingerprint density at radius 1 is 1.08 bits per heavy atom. The summed E-state index contributed by atoms with van der Waals surface area (Å²) in [7, 11) is -3.99. The molecule has 1 atom stereocenters. The van der Waals surface area contributed by atoms with Crippen LogP contribution in [0.25, 0.3) is 0 Å². The number of aryl methyl sites for hydroxylation is 1. The minimum atomic E-state index is -3.99. The summed E-state index contributed by atoms with van der Waals surface area (Å²) < 4.78 is 30.3. The zero-order valence-electron chi connectivity index (χ0n) is 13.4. The lowest BCUT2D eigenvalue weighted by molar-refractivity contribution is -0.137. The number of benzene rings is 2. The number of carboxylic acid groups (broad SMARTS) is 1. The Bertz CT molecular complexity index is 767. The van der Waals surface area contributed by atoms with Crippen molar-refractivity contribution in [3.05, 3.63) is 65.7 Å². The highest BCUT2D eigenvalue weighted by Crippen LogP contribution is 2.18. The molecule has 2 aromatic rings. The van der Waals surface area contributed by atoms with Crippen LogP contribution >= 0.6 is 0 Å². The lowest BCUT2D eigenvalue weighted by atomic mass is 10.2. The molecule has 0 bridgehead atoms. The molecule has 0 spiro atoms. The van der Waals surface area contributed by atoms with Gasteiger partial charge in [-0.1, -0.05) is 48.0 Å². The van der Waals surface area contributed by atoms with E-state index in [1.165, 1.54) is 12.1 Å². The van der Waals surface area contributed by atoms with Crippen LogP contribution in [-0.4, -0.2) is 38.0 Å². The second-order valence-corrected chi connectivity index (χ2v) is 7.63. The Kier molecular flexibility index (Phi) is 6.11. The fourth-order valence-electron chi connectivity index (χ4n) is 2.21. The first kappa shape index (κ1) is 18.2. The van der Waals surface area contributed by atoms with Crippen LogP contribution in [0.15, 0.2) is 59.5 Å². The maximum absolute atomic E-state index is 12.5. The maximum Gasteiger partial charge on any atom is 0.324 e. The molecule has 0 aromatic heterocycles. The molecule has 0 saturated carbocycles. The third-order valence-electron chi connectivity index (χ3n) is 3.65. The van der Waals surface area contributed by atoms with E-state index in [-0.39, 0.29) is 18.1 Å². The molecule has 2 rings (SSSR count). The average Bonchev–Trinajstić information content (AvgIpc) is 2.55. The Morgan fingerprint density at radius 2 is 1.71 bits per heavy atom. The van der Waals surface area contributed by atoms with Crippen LogP contribution in [-0.2, 0) is 25.8 Å². The first-order chi connectivity index (χ1) is 11.4. The molecule has 0 fully saturated rings. The Hall–Kier alpha value is -2.18. The third-order valence-corrected chi connectivity index (χ3v) is 5.66. The van der Waals surface area contributed by atoms with Gasteiger partial charge in [-0.15, -0.1) is 0 Å². The van der Waals surface area contributed by atoms with Gasteiger partial charge in [0.15, 0.2) is 15.1 Å². The van der Waals surface area contributed by atoms with Crippen molar-refractivity contribution < 1.29 is 23.1 Å². The first-order valence-electron chi connectivity index (χ1n) is 7.56. The summed E-state index contributed by atoms with van der Waals surface area (Å²) in [6.45, 7) is 1.72. The van der Waals surface area contributed by atoms with E-state index in [0.717, 1.165) is 11.1 Å². The molecule has 5 nitrogen and oxygen atoms in total. The van der Waals surface area contributed by atoms with Gasteiger partial charge in [0.05, 0.1) is 18.1 Å². The van der Waals surface area contributed by atoms with Crippen LogP contribution < -0.4 is 0 Å². The van der Waals surface area contributed by atoms with Crippen LogP contribution in [0.3, 0.4) is 0 Å². The quantitative estimate of drug-likeness (QED) is 0.741. The summed E-state index contributed by atoms with van der Waals surface area (Å²) in [5.74, 6) is -1.41. The Morgan fingerprint density at radius 3 is 2.29 bits per heavy atom. The molecule has 128 valence electrons. The minimum absolute atomic E-state index is 0.00726. The van der Waals surface area contributed by atoms with Gasteiger partial charge >= 0.3 is 5.97 Å². The van der Waals surface area contributed by atoms with Gasteiger partial charge < -0.3 is 9.84 Å². The van der Waals surface area contributed by atoms with Crippen LogP contribution in [0.4, 0.5) is 0 Å². The summed E-state index contributed by atoms with van der Waals surface area (Å²) in [5.41, 5.74) is 1.95. The van der Waals surface area contributed by atoms with Crippen molar-refractivity contribution in [1.82, 2.24) is 0 Å². The number of aliphatic carboxylic acids is 1. The maximum atomic E-state index is 12.5. The molecular weight excluding hydrogens is 328 g/mol. The van der Waals surface area contributed by atoms with Gasteiger partial charge in [0.1, 0.15) is 0 Å². The van der Waals surface area contributed by atoms with E-state index in [1.54, 1.807) is 12.1 Å². The van der Waals surface area contributed by atoms with Crippen LogP contribution in [0.1, 0.15) is 11.1 Å². The summed E-state index contributed by atoms with van der Waals surface area (Å²) in [4.78, 5) is 11.4. The predicted octanol–water partition coefficient (Wildman–Crippen LogP) is 2.48. The molecule has 0 aliphatic rings. The lowest BCUT2D eigenvalue weighted by Crippen LogP contribution is -2.35. The van der Waals surface area contributed by atoms with E-state index in [1.807, 2.05) is 37.3 Å². The van der Waals surface area contributed by atoms with E-state index >= 15 is 0 Å². The molecule has 0 heterocycles. The van der Waals surface area contributed by atoms with Crippen molar-refractivity contribution >= 4 is 15.8 Å². The van der Waals surface area contributed by atoms with Crippen LogP contribution in [0, 0.1) is 6.92 Å². The van der Waals surface area contributed by atoms with E-state index < -0.39 is 21.1 Å². The molecule has 0 amide bonds. The predicted molar refractivity (Wildman–Crippen MR) is 90.8 cm³/mol. The smallest absolute Gasteiger partial charge is 0.324 e. The normalized spacial score (nSPS) is 12.7. The fraction of sp³-hybridized carbons (Fsp3) is 0.278. The van der Waals surface area contributed by atoms with Crippen LogP contribution in [0.2, 0.25) is 0 Å². The summed E-state index contributed by atoms with van der Waals surface area (Å²) >= 11 is 0. The van der Waals surface area contributed by atoms with Crippen molar-refractivity contribution in [2.24, 2.45) is 0 Å². The fourth-order valence-corrected chi connectivity index (χ4v) is 3.60. The Labute approximate surface area is 141 Å². The molecule has 0 aliphatic carbocycles. The van der Waals surface area contributed by atoms with Crippen molar-refractivity contribution in [1.29, 1.82) is 0 Å². The zero-order valence-corrected chi connectivity index (χ0v) is 14.2. The van der Waals surface area contributed by atoms with E-state index in [0.29, 0.717) is 6.42 Å². The molecule has 0 saturated heterocycles. The van der Waals surface area contributed by atoms with Crippen molar-refractivity contribution in [3.63, 3.8) is 0 Å². The number of sulfone groups is 1. The number of carbonyl (C=O) groups is 1. The van der Waals surface area contributed by atoms with Gasteiger partial charge in [-0.3, -0.25) is 4.79 Å². The summed E-state index contributed by atoms with van der Waals surface area (Å²) in [5, 5.41) is 7.67. The van der Waals surface area contributed by atoms with Crippen molar-refractivity contribution in [3.8, 4) is 0 Å². The van der Waals surface area contributed by atoms with E-state index in [2.05, 4.69) is 0 Å². The van der Waals surface area contributed by atoms with E-state index in [9.17, 15) is 18.3 Å². The highest BCUT2D eigenvalue weighted by Gasteiger charge is 2.34. The van der Waals surface area contributed by atoms with Gasteiger partial charge in [0.2, 0.25) is 0 Å². The molecule has 24 heavy (non-hydrogen) atoms. The minimum Gasteiger partial charge on any atom is -0.480 e. The largest absolute Gasteiger partial charge is 0.480 e. The second kappa shape index (κ2) is 8.08. The standard InChI is InChI=1S/C18H20O5S/c1-14-7-9-16(10-8-14)24(21,22)17(18(19)20)13-23-12-11-15-5-3-2-4-6-15/h2-10,17H,11-13H2,1H3,(H,19,20). The van der Waals surface area contributed by atoms with E-state index in [4.69, 9.17) is 4.74 Å². The highest BCUT2D eigenvalue weighted by molar-refractivity contribution is 7.92. The number of carboxylic acids is 1. The number of rotatable bonds is 8. The molecule has 2 aromatic carbocycles. The van der Waals surface area contributed by atoms with Gasteiger partial charge in [0, 0.05) is 0 Å². The summed E-state index contributed by atoms with van der Waals surface area (Å²) in [6, 6.07) is 15.7. The van der Waals surface area contributed by atoms with Gasteiger partial charge in [0.25, 0.3) is 0 Å². The lowest BCUT2D eigenvalue weighted by Gasteiger charge is -2.14. The third kappa shape index (κ3) is 4.66. The van der Waals surface area contributed by atoms with Crippen molar-refractivity contribution in [2.75, 3.05) is 13.2 Å². The second-order valence-electron chi connectivity index (χ2n) is 5.50. The van der Waals surface area contributed by atoms with Gasteiger partial charge in [-0.05, 0) is 31.0 Å². The topological polar surface area (TPSA) is 80.7 Å². The summed E-state index contributed by atoms with van der Waals surface area (Å²) in [6.07, 6.45) is 0.595. The SMILES string of the molecule is Cc1ccc(S(=O)(=O)C(COCCc2ccccc2)C(=O)O)cc1. The Balaban J connectivity index is 2.01. The monoisotopic (exact) mass is 348 g/mol. The van der Waals surface area contributed by atoms with Crippen LogP contribution in [0.5, 0.6) is 0 Å². The number of hydrogen-bond donors (Lipinski definition) is 1. The number of ether oxygens (including phenoxy) is 1.